The predicted molar refractivity (Wildman–Crippen MR) is 121 cm³/mol. The van der Waals surface area contributed by atoms with Crippen molar-refractivity contribution in [2.24, 2.45) is 5.18 Å². The lowest BCUT2D eigenvalue weighted by molar-refractivity contribution is 0.0222. The summed E-state index contributed by atoms with van der Waals surface area (Å²) >= 11 is 0. The summed E-state index contributed by atoms with van der Waals surface area (Å²) in [6.45, 7) is 10.6. The van der Waals surface area contributed by atoms with Crippen molar-refractivity contribution < 1.29 is 14.3 Å². The van der Waals surface area contributed by atoms with Gasteiger partial charge >= 0.3 is 6.09 Å². The van der Waals surface area contributed by atoms with Crippen LogP contribution >= 0.6 is 0 Å². The van der Waals surface area contributed by atoms with Crippen LogP contribution in [0.4, 0.5) is 16.3 Å². The smallest absolute Gasteiger partial charge is 0.410 e. The van der Waals surface area contributed by atoms with Gasteiger partial charge in [0.2, 0.25) is 0 Å². The molecule has 2 aromatic rings. The van der Waals surface area contributed by atoms with E-state index in [1.807, 2.05) is 20.8 Å². The first kappa shape index (κ1) is 22.1. The Hall–Kier alpha value is -3.07. The summed E-state index contributed by atoms with van der Waals surface area (Å²) in [6.07, 6.45) is 0.286. The normalized spacial score (nSPS) is 18.8. The summed E-state index contributed by atoms with van der Waals surface area (Å²) in [5.41, 5.74) is 2.51. The molecule has 32 heavy (non-hydrogen) atoms. The van der Waals surface area contributed by atoms with E-state index in [9.17, 15) is 9.70 Å². The number of anilines is 1. The summed E-state index contributed by atoms with van der Waals surface area (Å²) in [5.74, 6) is 1.42. The average molecular weight is 440 g/mol. The first-order valence-electron chi connectivity index (χ1n) is 10.9. The number of hydrogen-bond donors (Lipinski definition) is 0. The van der Waals surface area contributed by atoms with E-state index in [0.29, 0.717) is 50.8 Å². The van der Waals surface area contributed by atoms with Crippen molar-refractivity contribution in [1.82, 2.24) is 14.9 Å². The molecule has 1 aromatic carbocycles. The van der Waals surface area contributed by atoms with Crippen LogP contribution in [-0.4, -0.2) is 58.9 Å². The van der Waals surface area contributed by atoms with E-state index in [4.69, 9.17) is 19.4 Å². The number of benzene rings is 1. The lowest BCUT2D eigenvalue weighted by Gasteiger charge is -2.38. The van der Waals surface area contributed by atoms with Crippen LogP contribution in [0.1, 0.15) is 39.0 Å². The molecule has 1 saturated heterocycles. The number of morpholine rings is 1. The molecule has 2 aliphatic rings. The van der Waals surface area contributed by atoms with E-state index in [1.54, 1.807) is 29.2 Å². The summed E-state index contributed by atoms with van der Waals surface area (Å²) in [5, 5.41) is 2.96. The van der Waals surface area contributed by atoms with Gasteiger partial charge in [0.25, 0.3) is 0 Å². The number of carbonyl (C=O) groups is 1. The number of rotatable bonds is 3. The Labute approximate surface area is 187 Å². The Balaban J connectivity index is 1.73. The van der Waals surface area contributed by atoms with Gasteiger partial charge in [-0.25, -0.2) is 14.8 Å². The maximum atomic E-state index is 12.7. The van der Waals surface area contributed by atoms with Crippen LogP contribution in [-0.2, 0) is 22.4 Å². The number of nitrogens with zero attached hydrogens (tertiary/aromatic N) is 5. The van der Waals surface area contributed by atoms with Crippen molar-refractivity contribution in [3.05, 3.63) is 40.4 Å². The van der Waals surface area contributed by atoms with Gasteiger partial charge in [0.1, 0.15) is 17.1 Å². The molecule has 2 aliphatic heterocycles. The zero-order valence-electron chi connectivity index (χ0n) is 19.0. The van der Waals surface area contributed by atoms with Gasteiger partial charge in [0, 0.05) is 30.6 Å². The molecule has 0 bridgehead atoms. The Kier molecular flexibility index (Phi) is 6.10. The first-order chi connectivity index (χ1) is 15.2. The summed E-state index contributed by atoms with van der Waals surface area (Å²) in [4.78, 5) is 37.2. The molecule has 0 spiro atoms. The molecular weight excluding hydrogens is 410 g/mol. The van der Waals surface area contributed by atoms with Crippen molar-refractivity contribution in [3.63, 3.8) is 0 Å². The van der Waals surface area contributed by atoms with Crippen molar-refractivity contribution in [2.45, 2.75) is 52.3 Å². The molecule has 1 atom stereocenters. The van der Waals surface area contributed by atoms with E-state index in [0.717, 1.165) is 22.6 Å². The highest BCUT2D eigenvalue weighted by atomic mass is 16.6. The van der Waals surface area contributed by atoms with Gasteiger partial charge in [-0.2, -0.15) is 0 Å². The van der Waals surface area contributed by atoms with Gasteiger partial charge in [-0.1, -0.05) is 0 Å². The third-order valence-corrected chi connectivity index (χ3v) is 5.56. The maximum absolute atomic E-state index is 12.7. The number of nitroso groups, excluding NO2 is 1. The molecule has 0 aliphatic carbocycles. The standard InChI is InChI=1S/C23H29N5O4/c1-15-14-31-12-11-28(15)21-18-13-27(22(29)32-23(2,3)4)10-9-19(18)24-20(25-21)16-5-7-17(26-30)8-6-16/h5-8,15H,9-14H2,1-4H3/t15-/m0/s1. The highest BCUT2D eigenvalue weighted by Crippen LogP contribution is 2.32. The maximum Gasteiger partial charge on any atom is 0.410 e. The van der Waals surface area contributed by atoms with Crippen LogP contribution < -0.4 is 4.90 Å². The minimum atomic E-state index is -0.554. The van der Waals surface area contributed by atoms with Gasteiger partial charge in [-0.05, 0) is 57.1 Å². The molecule has 0 radical (unpaired) electrons. The van der Waals surface area contributed by atoms with Crippen LogP contribution in [0.2, 0.25) is 0 Å². The highest BCUT2D eigenvalue weighted by molar-refractivity contribution is 5.70. The SMILES string of the molecule is C[C@H]1COCCN1c1nc(-c2ccc(N=O)cc2)nc2c1CN(C(=O)OC(C)(C)C)CC2. The van der Waals surface area contributed by atoms with Crippen LogP contribution in [0, 0.1) is 4.91 Å². The van der Waals surface area contributed by atoms with E-state index in [-0.39, 0.29) is 12.1 Å². The molecule has 1 fully saturated rings. The van der Waals surface area contributed by atoms with Crippen molar-refractivity contribution in [2.75, 3.05) is 31.2 Å². The van der Waals surface area contributed by atoms with E-state index < -0.39 is 5.60 Å². The third kappa shape index (κ3) is 4.72. The number of ether oxygens (including phenoxy) is 2. The molecule has 4 rings (SSSR count). The molecular formula is C23H29N5O4. The quantitative estimate of drug-likeness (QED) is 0.665. The number of fused-ring (bicyclic) bond motifs is 1. The Morgan fingerprint density at radius 2 is 1.94 bits per heavy atom. The topological polar surface area (TPSA) is 97.2 Å². The zero-order valence-corrected chi connectivity index (χ0v) is 19.0. The van der Waals surface area contributed by atoms with Gasteiger partial charge in [0.15, 0.2) is 5.82 Å². The molecule has 1 aromatic heterocycles. The zero-order chi connectivity index (χ0) is 22.9. The van der Waals surface area contributed by atoms with Gasteiger partial charge in [-0.15, -0.1) is 4.91 Å². The fraction of sp³-hybridized carbons (Fsp3) is 0.522. The van der Waals surface area contributed by atoms with Gasteiger partial charge in [0.05, 0.1) is 31.5 Å². The second-order valence-corrected chi connectivity index (χ2v) is 9.20. The molecule has 1 amide bonds. The molecule has 3 heterocycles. The number of amides is 1. The molecule has 9 heteroatoms. The minimum absolute atomic E-state index is 0.147. The van der Waals surface area contributed by atoms with E-state index in [1.165, 1.54) is 0 Å². The number of aromatic nitrogens is 2. The second kappa shape index (κ2) is 8.82. The molecule has 0 saturated carbocycles. The van der Waals surface area contributed by atoms with Crippen LogP contribution in [0.3, 0.4) is 0 Å². The largest absolute Gasteiger partial charge is 0.444 e. The van der Waals surface area contributed by atoms with E-state index >= 15 is 0 Å². The Morgan fingerprint density at radius 3 is 2.59 bits per heavy atom. The predicted octanol–water partition coefficient (Wildman–Crippen LogP) is 4.06. The molecule has 170 valence electrons. The van der Waals surface area contributed by atoms with Crippen molar-refractivity contribution in [1.29, 1.82) is 0 Å². The van der Waals surface area contributed by atoms with Crippen LogP contribution in [0.5, 0.6) is 0 Å². The molecule has 0 unspecified atom stereocenters. The number of hydrogen-bond acceptors (Lipinski definition) is 8. The van der Waals surface area contributed by atoms with Crippen LogP contribution in [0.15, 0.2) is 29.4 Å². The highest BCUT2D eigenvalue weighted by Gasteiger charge is 2.32. The first-order valence-corrected chi connectivity index (χ1v) is 10.9. The van der Waals surface area contributed by atoms with Gasteiger partial charge < -0.3 is 19.3 Å². The van der Waals surface area contributed by atoms with Gasteiger partial charge in [-0.3, -0.25) is 0 Å². The average Bonchev–Trinajstić information content (AvgIpc) is 2.77. The van der Waals surface area contributed by atoms with E-state index in [2.05, 4.69) is 17.0 Å². The summed E-state index contributed by atoms with van der Waals surface area (Å²) in [7, 11) is 0. The monoisotopic (exact) mass is 439 g/mol. The second-order valence-electron chi connectivity index (χ2n) is 9.20. The third-order valence-electron chi connectivity index (χ3n) is 5.56. The lowest BCUT2D eigenvalue weighted by atomic mass is 10.0. The van der Waals surface area contributed by atoms with Crippen LogP contribution in [0.25, 0.3) is 11.4 Å². The minimum Gasteiger partial charge on any atom is -0.444 e. The molecule has 9 nitrogen and oxygen atoms in total. The summed E-state index contributed by atoms with van der Waals surface area (Å²) < 4.78 is 11.2. The molecule has 0 N–H and O–H groups in total. The number of carbonyl (C=O) groups excluding carboxylic acids is 1. The summed E-state index contributed by atoms with van der Waals surface area (Å²) in [6, 6.07) is 7.08. The lowest BCUT2D eigenvalue weighted by Crippen LogP contribution is -2.46. The van der Waals surface area contributed by atoms with Crippen molar-refractivity contribution >= 4 is 17.6 Å². The Bertz CT molecular complexity index is 1000. The fourth-order valence-corrected chi connectivity index (χ4v) is 3.96. The Morgan fingerprint density at radius 1 is 1.19 bits per heavy atom. The van der Waals surface area contributed by atoms with Crippen molar-refractivity contribution in [3.8, 4) is 11.4 Å². The fourth-order valence-electron chi connectivity index (χ4n) is 3.96.